The molecule has 0 heterocycles. The third kappa shape index (κ3) is 8.30. The van der Waals surface area contributed by atoms with E-state index in [9.17, 15) is 19.5 Å². The van der Waals surface area contributed by atoms with Crippen LogP contribution in [0.4, 0.5) is 0 Å². The van der Waals surface area contributed by atoms with Gasteiger partial charge in [-0.3, -0.25) is 9.59 Å². The molecular formula is C32H30N2O5. The maximum absolute atomic E-state index is 13.3. The molecule has 7 heteroatoms. The molecule has 0 spiro atoms. The van der Waals surface area contributed by atoms with Crippen molar-refractivity contribution in [3.8, 4) is 5.75 Å². The van der Waals surface area contributed by atoms with Crippen LogP contribution < -0.4 is 10.6 Å². The highest BCUT2D eigenvalue weighted by molar-refractivity contribution is 5.97. The summed E-state index contributed by atoms with van der Waals surface area (Å²) in [4.78, 5) is 39.0. The third-order valence-corrected chi connectivity index (χ3v) is 6.12. The lowest BCUT2D eigenvalue weighted by Gasteiger charge is -2.22. The molecule has 7 nitrogen and oxygen atoms in total. The zero-order valence-electron chi connectivity index (χ0n) is 21.3. The molecule has 0 fully saturated rings. The summed E-state index contributed by atoms with van der Waals surface area (Å²) in [5.41, 5.74) is 2.64. The van der Waals surface area contributed by atoms with Gasteiger partial charge in [0, 0.05) is 17.5 Å². The van der Waals surface area contributed by atoms with E-state index in [0.29, 0.717) is 17.5 Å². The average molecular weight is 523 g/mol. The number of benzene rings is 4. The SMILES string of the molecule is O=C(N[C@H](COC(=O)[C@@H](Cc1ccccc1)NC(=O)c1ccc(O)cc1)Cc1ccccc1)c1ccccc1. The summed E-state index contributed by atoms with van der Waals surface area (Å²) in [7, 11) is 0. The number of hydrogen-bond donors (Lipinski definition) is 3. The van der Waals surface area contributed by atoms with Crippen molar-refractivity contribution in [3.05, 3.63) is 138 Å². The molecule has 0 unspecified atom stereocenters. The molecule has 2 amide bonds. The smallest absolute Gasteiger partial charge is 0.329 e. The first-order valence-corrected chi connectivity index (χ1v) is 12.7. The van der Waals surface area contributed by atoms with Gasteiger partial charge in [0.2, 0.25) is 0 Å². The highest BCUT2D eigenvalue weighted by Gasteiger charge is 2.25. The average Bonchev–Trinajstić information content (AvgIpc) is 2.97. The number of carbonyl (C=O) groups is 3. The predicted octanol–water partition coefficient (Wildman–Crippen LogP) is 4.32. The van der Waals surface area contributed by atoms with Crippen LogP contribution in [0.3, 0.4) is 0 Å². The lowest BCUT2D eigenvalue weighted by atomic mass is 10.0. The molecule has 4 aromatic carbocycles. The van der Waals surface area contributed by atoms with Gasteiger partial charge in [0.05, 0.1) is 6.04 Å². The fourth-order valence-electron chi connectivity index (χ4n) is 4.09. The highest BCUT2D eigenvalue weighted by Crippen LogP contribution is 2.12. The molecule has 0 radical (unpaired) electrons. The Morgan fingerprint density at radius 1 is 0.615 bits per heavy atom. The largest absolute Gasteiger partial charge is 0.508 e. The van der Waals surface area contributed by atoms with E-state index in [1.807, 2.05) is 66.7 Å². The van der Waals surface area contributed by atoms with Crippen molar-refractivity contribution in [2.24, 2.45) is 0 Å². The first kappa shape index (κ1) is 27.1. The minimum Gasteiger partial charge on any atom is -0.508 e. The second-order valence-electron chi connectivity index (χ2n) is 9.12. The van der Waals surface area contributed by atoms with Crippen LogP contribution in [-0.4, -0.2) is 41.6 Å². The van der Waals surface area contributed by atoms with Crippen LogP contribution in [0, 0.1) is 0 Å². The van der Waals surface area contributed by atoms with Crippen LogP contribution in [0.25, 0.3) is 0 Å². The second kappa shape index (κ2) is 13.6. The Bertz CT molecular complexity index is 1360. The normalized spacial score (nSPS) is 12.1. The Hall–Kier alpha value is -4.91. The molecule has 3 N–H and O–H groups in total. The predicted molar refractivity (Wildman–Crippen MR) is 148 cm³/mol. The molecular weight excluding hydrogens is 492 g/mol. The van der Waals surface area contributed by atoms with Crippen LogP contribution in [0.2, 0.25) is 0 Å². The van der Waals surface area contributed by atoms with Gasteiger partial charge in [-0.2, -0.15) is 0 Å². The fourth-order valence-corrected chi connectivity index (χ4v) is 4.09. The Kier molecular flexibility index (Phi) is 9.45. The Balaban J connectivity index is 1.47. The molecule has 4 rings (SSSR count). The molecule has 0 saturated heterocycles. The summed E-state index contributed by atoms with van der Waals surface area (Å²) in [5.74, 6) is -1.31. The molecule has 0 saturated carbocycles. The molecule has 0 bridgehead atoms. The molecule has 4 aromatic rings. The lowest BCUT2D eigenvalue weighted by molar-refractivity contribution is -0.146. The van der Waals surface area contributed by atoms with Crippen LogP contribution in [0.1, 0.15) is 31.8 Å². The number of aromatic hydroxyl groups is 1. The van der Waals surface area contributed by atoms with Gasteiger partial charge in [-0.15, -0.1) is 0 Å². The quantitative estimate of drug-likeness (QED) is 0.255. The fraction of sp³-hybridized carbons (Fsp3) is 0.156. The van der Waals surface area contributed by atoms with E-state index in [1.54, 1.807) is 24.3 Å². The number of nitrogens with one attached hydrogen (secondary N) is 2. The molecule has 198 valence electrons. The van der Waals surface area contributed by atoms with Gasteiger partial charge in [0.1, 0.15) is 18.4 Å². The number of hydrogen-bond acceptors (Lipinski definition) is 5. The van der Waals surface area contributed by atoms with E-state index in [4.69, 9.17) is 4.74 Å². The molecule has 0 aliphatic carbocycles. The summed E-state index contributed by atoms with van der Waals surface area (Å²) in [6.07, 6.45) is 0.680. The van der Waals surface area contributed by atoms with Gasteiger partial charge in [-0.25, -0.2) is 4.79 Å². The van der Waals surface area contributed by atoms with Gasteiger partial charge in [0.15, 0.2) is 0 Å². The number of esters is 1. The van der Waals surface area contributed by atoms with Gasteiger partial charge >= 0.3 is 5.97 Å². The minimum absolute atomic E-state index is 0.0359. The highest BCUT2D eigenvalue weighted by atomic mass is 16.5. The topological polar surface area (TPSA) is 105 Å². The summed E-state index contributed by atoms with van der Waals surface area (Å²) >= 11 is 0. The first-order chi connectivity index (χ1) is 19.0. The van der Waals surface area contributed by atoms with Gasteiger partial charge in [0.25, 0.3) is 11.8 Å². The van der Waals surface area contributed by atoms with Crippen molar-refractivity contribution >= 4 is 17.8 Å². The van der Waals surface area contributed by atoms with Crippen LogP contribution >= 0.6 is 0 Å². The monoisotopic (exact) mass is 522 g/mol. The van der Waals surface area contributed by atoms with E-state index in [1.165, 1.54) is 24.3 Å². The standard InChI is InChI=1S/C32H30N2O5/c35-28-18-16-26(17-19-28)31(37)34-29(21-24-12-6-2-7-13-24)32(38)39-22-27(20-23-10-4-1-5-11-23)33-30(36)25-14-8-3-9-15-25/h1-19,27,29,35H,20-22H2,(H,33,36)(H,34,37)/t27-,29+/m0/s1. The Morgan fingerprint density at radius 2 is 1.10 bits per heavy atom. The molecule has 0 aliphatic rings. The molecule has 2 atom stereocenters. The van der Waals surface area contributed by atoms with Crippen molar-refractivity contribution in [1.29, 1.82) is 0 Å². The van der Waals surface area contributed by atoms with E-state index in [2.05, 4.69) is 10.6 Å². The van der Waals surface area contributed by atoms with E-state index >= 15 is 0 Å². The number of ether oxygens (including phenoxy) is 1. The van der Waals surface area contributed by atoms with E-state index in [-0.39, 0.29) is 24.7 Å². The second-order valence-corrected chi connectivity index (χ2v) is 9.12. The van der Waals surface area contributed by atoms with E-state index < -0.39 is 24.0 Å². The number of amides is 2. The number of carbonyl (C=O) groups excluding carboxylic acids is 3. The first-order valence-electron chi connectivity index (χ1n) is 12.7. The van der Waals surface area contributed by atoms with Crippen molar-refractivity contribution in [3.63, 3.8) is 0 Å². The Morgan fingerprint density at radius 3 is 1.69 bits per heavy atom. The van der Waals surface area contributed by atoms with Crippen LogP contribution in [0.15, 0.2) is 115 Å². The maximum atomic E-state index is 13.3. The van der Waals surface area contributed by atoms with Gasteiger partial charge in [-0.1, -0.05) is 78.9 Å². The molecule has 0 aliphatic heterocycles. The summed E-state index contributed by atoms with van der Waals surface area (Å²) < 4.78 is 5.70. The maximum Gasteiger partial charge on any atom is 0.329 e. The summed E-state index contributed by atoms with van der Waals surface area (Å²) in [6, 6.07) is 32.1. The summed E-state index contributed by atoms with van der Waals surface area (Å²) in [5, 5.41) is 15.3. The zero-order valence-corrected chi connectivity index (χ0v) is 21.3. The van der Waals surface area contributed by atoms with Gasteiger partial charge < -0.3 is 20.5 Å². The molecule has 0 aromatic heterocycles. The van der Waals surface area contributed by atoms with Crippen molar-refractivity contribution in [2.45, 2.75) is 24.9 Å². The number of rotatable bonds is 11. The van der Waals surface area contributed by atoms with Crippen LogP contribution in [-0.2, 0) is 22.4 Å². The third-order valence-electron chi connectivity index (χ3n) is 6.12. The summed E-state index contributed by atoms with van der Waals surface area (Å²) in [6.45, 7) is -0.0767. The van der Waals surface area contributed by atoms with E-state index in [0.717, 1.165) is 11.1 Å². The number of phenolic OH excluding ortho intramolecular Hbond substituents is 1. The van der Waals surface area contributed by atoms with Crippen molar-refractivity contribution in [2.75, 3.05) is 6.61 Å². The lowest BCUT2D eigenvalue weighted by Crippen LogP contribution is -2.46. The van der Waals surface area contributed by atoms with Crippen molar-refractivity contribution in [1.82, 2.24) is 10.6 Å². The van der Waals surface area contributed by atoms with Gasteiger partial charge in [-0.05, 0) is 53.9 Å². The zero-order chi connectivity index (χ0) is 27.5. The minimum atomic E-state index is -0.962. The Labute approximate surface area is 227 Å². The van der Waals surface area contributed by atoms with Crippen molar-refractivity contribution < 1.29 is 24.2 Å². The molecule has 39 heavy (non-hydrogen) atoms. The van der Waals surface area contributed by atoms with Crippen LogP contribution in [0.5, 0.6) is 5.75 Å². The number of phenols is 1.